The zero-order valence-electron chi connectivity index (χ0n) is 9.33. The zero-order valence-corrected chi connectivity index (χ0v) is 8.33. The molecule has 0 heteroatoms. The van der Waals surface area contributed by atoms with E-state index in [2.05, 4.69) is 31.2 Å². The third kappa shape index (κ3) is 2.23. The average Bonchev–Trinajstić information content (AvgIpc) is 2.25. The first-order valence-electron chi connectivity index (χ1n) is 5.35. The molecule has 0 aliphatic heterocycles. The maximum Gasteiger partial charge on any atom is 0.0623 e. The minimum absolute atomic E-state index is 0.572. The van der Waals surface area contributed by atoms with Crippen LogP contribution in [-0.4, -0.2) is 0 Å². The first-order chi connectivity index (χ1) is 7.24. The second-order valence-electron chi connectivity index (χ2n) is 3.57. The van der Waals surface area contributed by atoms with Crippen LogP contribution in [0.5, 0.6) is 0 Å². The van der Waals surface area contributed by atoms with E-state index in [1.165, 1.54) is 16.7 Å². The fourth-order valence-electron chi connectivity index (χ4n) is 1.48. The van der Waals surface area contributed by atoms with Gasteiger partial charge in [0, 0.05) is 0 Å². The molecule has 0 saturated carbocycles. The fraction of sp³-hybridized carbons (Fsp3) is 0.143. The molecule has 0 radical (unpaired) electrons. The highest BCUT2D eigenvalue weighted by atomic mass is 14.0. The molecule has 0 unspecified atom stereocenters. The minimum Gasteiger partial charge on any atom is -0.0622 e. The van der Waals surface area contributed by atoms with Crippen LogP contribution in [0.25, 0.3) is 0 Å². The summed E-state index contributed by atoms with van der Waals surface area (Å²) in [5.74, 6) is 0. The summed E-state index contributed by atoms with van der Waals surface area (Å²) in [6, 6.07) is 16.9. The summed E-state index contributed by atoms with van der Waals surface area (Å²) in [5.41, 5.74) is 3.87. The maximum absolute atomic E-state index is 7.40. The van der Waals surface area contributed by atoms with Crippen molar-refractivity contribution in [3.05, 3.63) is 71.3 Å². The number of rotatable bonds is 2. The van der Waals surface area contributed by atoms with Gasteiger partial charge in [-0.05, 0) is 24.5 Å². The lowest BCUT2D eigenvalue weighted by Gasteiger charge is -2.01. The van der Waals surface area contributed by atoms with E-state index in [1.807, 2.05) is 24.3 Å². The van der Waals surface area contributed by atoms with Gasteiger partial charge < -0.3 is 0 Å². The maximum atomic E-state index is 7.40. The van der Waals surface area contributed by atoms with E-state index in [9.17, 15) is 0 Å². The van der Waals surface area contributed by atoms with Gasteiger partial charge in [0.1, 0.15) is 0 Å². The number of aryl methyl sites for hydroxylation is 1. The van der Waals surface area contributed by atoms with E-state index in [0.717, 1.165) is 6.42 Å². The van der Waals surface area contributed by atoms with Gasteiger partial charge >= 0.3 is 0 Å². The highest BCUT2D eigenvalue weighted by Crippen LogP contribution is 2.09. The molecule has 2 aromatic carbocycles. The average molecular weight is 184 g/mol. The smallest absolute Gasteiger partial charge is 0.0622 e. The Labute approximate surface area is 86.6 Å². The normalized spacial score (nSPS) is 11.1. The van der Waals surface area contributed by atoms with Crippen LogP contribution in [0.3, 0.4) is 0 Å². The van der Waals surface area contributed by atoms with Crippen molar-refractivity contribution in [2.75, 3.05) is 0 Å². The van der Waals surface area contributed by atoms with Crippen LogP contribution >= 0.6 is 0 Å². The molecule has 0 bridgehead atoms. The monoisotopic (exact) mass is 184 g/mol. The third-order valence-corrected chi connectivity index (χ3v) is 2.32. The van der Waals surface area contributed by atoms with Gasteiger partial charge in [-0.2, -0.15) is 0 Å². The zero-order chi connectivity index (χ0) is 10.7. The van der Waals surface area contributed by atoms with Crippen LogP contribution in [0.15, 0.2) is 54.6 Å². The molecule has 0 saturated heterocycles. The molecule has 0 spiro atoms. The summed E-state index contributed by atoms with van der Waals surface area (Å²) >= 11 is 0. The molecule has 0 aliphatic carbocycles. The van der Waals surface area contributed by atoms with Crippen LogP contribution < -0.4 is 0 Å². The van der Waals surface area contributed by atoms with Crippen LogP contribution in [-0.2, 0) is 6.42 Å². The van der Waals surface area contributed by atoms with Gasteiger partial charge in [-0.15, -0.1) is 0 Å². The molecule has 2 aromatic rings. The lowest BCUT2D eigenvalue weighted by molar-refractivity contribution is 1.19. The Hall–Kier alpha value is -1.56. The Morgan fingerprint density at radius 1 is 0.929 bits per heavy atom. The van der Waals surface area contributed by atoms with Crippen LogP contribution in [0.4, 0.5) is 0 Å². The van der Waals surface area contributed by atoms with E-state index < -0.39 is 0 Å². The quantitative estimate of drug-likeness (QED) is 0.669. The van der Waals surface area contributed by atoms with Gasteiger partial charge in [0.05, 0.1) is 1.37 Å². The number of hydrogen-bond acceptors (Lipinski definition) is 0. The third-order valence-electron chi connectivity index (χ3n) is 2.32. The van der Waals surface area contributed by atoms with Gasteiger partial charge in [0.15, 0.2) is 0 Å². The molecule has 0 fully saturated rings. The van der Waals surface area contributed by atoms with Crippen molar-refractivity contribution in [3.8, 4) is 0 Å². The summed E-state index contributed by atoms with van der Waals surface area (Å²) in [6.45, 7) is 2.10. The predicted octanol–water partition coefficient (Wildman–Crippen LogP) is 3.59. The van der Waals surface area contributed by atoms with Gasteiger partial charge in [-0.1, -0.05) is 60.1 Å². The van der Waals surface area contributed by atoms with Crippen LogP contribution in [0.1, 0.15) is 18.1 Å². The van der Waals surface area contributed by atoms with Crippen LogP contribution in [0.2, 0.25) is 0 Å². The van der Waals surface area contributed by atoms with E-state index in [1.54, 1.807) is 0 Å². The summed E-state index contributed by atoms with van der Waals surface area (Å²) in [5, 5.41) is 0. The molecule has 0 aliphatic rings. The Kier molecular flexibility index (Phi) is 2.29. The van der Waals surface area contributed by atoms with Gasteiger partial charge in [-0.3, -0.25) is 0 Å². The van der Waals surface area contributed by atoms with Crippen molar-refractivity contribution in [1.82, 2.24) is 0 Å². The summed E-state index contributed by atoms with van der Waals surface area (Å²) in [6.07, 6.45) is 0.945. The van der Waals surface area contributed by atoms with Gasteiger partial charge in [0.2, 0.25) is 0 Å². The summed E-state index contributed by atoms with van der Waals surface area (Å²) in [7, 11) is 0. The highest BCUT2D eigenvalue weighted by Gasteiger charge is 1.94. The van der Waals surface area contributed by atoms with Gasteiger partial charge in [-0.25, -0.2) is 0 Å². The Morgan fingerprint density at radius 2 is 1.50 bits per heavy atom. The first kappa shape index (κ1) is 7.81. The van der Waals surface area contributed by atoms with Crippen molar-refractivity contribution in [2.24, 2.45) is 0 Å². The Morgan fingerprint density at radius 3 is 2.14 bits per heavy atom. The molecule has 14 heavy (non-hydrogen) atoms. The van der Waals surface area contributed by atoms with Crippen molar-refractivity contribution >= 4 is 0 Å². The molecule has 2 rings (SSSR count). The molecule has 0 amide bonds. The van der Waals surface area contributed by atoms with Crippen molar-refractivity contribution in [2.45, 2.75) is 13.3 Å². The fourth-order valence-corrected chi connectivity index (χ4v) is 1.48. The molecule has 70 valence electrons. The highest BCUT2D eigenvalue weighted by molar-refractivity contribution is 5.27. The standard InChI is InChI=1S/C14H14/c1-12-7-9-14(10-8-12)11-13-5-3-2-4-6-13/h2-10H,11H2,1H3/i2T. The Bertz CT molecular complexity index is 382. The molecule has 0 atom stereocenters. The molecular formula is C14H14. The molecule has 0 nitrogen and oxygen atoms in total. The topological polar surface area (TPSA) is 0 Å². The molecule has 0 aromatic heterocycles. The van der Waals surface area contributed by atoms with E-state index in [0.29, 0.717) is 6.04 Å². The molecule has 0 heterocycles. The van der Waals surface area contributed by atoms with Crippen molar-refractivity contribution < 1.29 is 1.37 Å². The number of benzene rings is 2. The molecule has 0 N–H and O–H groups in total. The van der Waals surface area contributed by atoms with E-state index >= 15 is 0 Å². The summed E-state index contributed by atoms with van der Waals surface area (Å²) < 4.78 is 7.40. The first-order valence-corrected chi connectivity index (χ1v) is 4.85. The largest absolute Gasteiger partial charge is 0.0623 e. The summed E-state index contributed by atoms with van der Waals surface area (Å²) in [4.78, 5) is 0. The van der Waals surface area contributed by atoms with Crippen molar-refractivity contribution in [3.63, 3.8) is 0 Å². The lowest BCUT2D eigenvalue weighted by atomic mass is 10.0. The van der Waals surface area contributed by atoms with Gasteiger partial charge in [0.25, 0.3) is 0 Å². The van der Waals surface area contributed by atoms with Crippen molar-refractivity contribution in [1.29, 1.82) is 0 Å². The van der Waals surface area contributed by atoms with E-state index in [4.69, 9.17) is 1.37 Å². The SMILES string of the molecule is [3H]c1ccc(Cc2ccc(C)cc2)cc1. The van der Waals surface area contributed by atoms with E-state index in [-0.39, 0.29) is 0 Å². The minimum atomic E-state index is 0.572. The molecular weight excluding hydrogens is 168 g/mol. The second kappa shape index (κ2) is 4.10. The van der Waals surface area contributed by atoms with Crippen LogP contribution in [0, 0.1) is 6.92 Å². The predicted molar refractivity (Wildman–Crippen MR) is 60.4 cm³/mol. The number of hydrogen-bond donors (Lipinski definition) is 0. The second-order valence-corrected chi connectivity index (χ2v) is 3.57. The lowest BCUT2D eigenvalue weighted by Crippen LogP contribution is -1.86. The Balaban J connectivity index is 2.15.